The number of hydrogen-bond acceptors (Lipinski definition) is 3. The van der Waals surface area contributed by atoms with Gasteiger partial charge in [0.2, 0.25) is 0 Å². The summed E-state index contributed by atoms with van der Waals surface area (Å²) in [6.07, 6.45) is 2.47. The Morgan fingerprint density at radius 3 is 2.83 bits per heavy atom. The van der Waals surface area contributed by atoms with Crippen molar-refractivity contribution in [2.45, 2.75) is 25.4 Å². The topological polar surface area (TPSA) is 47.3 Å². The molecule has 0 aliphatic carbocycles. The van der Waals surface area contributed by atoms with Crippen LogP contribution in [-0.4, -0.2) is 32.3 Å². The first-order valence-corrected chi connectivity index (χ1v) is 4.69. The molecule has 1 aliphatic rings. The van der Waals surface area contributed by atoms with Crippen molar-refractivity contribution in [1.82, 2.24) is 5.32 Å². The fourth-order valence-electron chi connectivity index (χ4n) is 1.79. The Hall–Kier alpha value is -0.120. The maximum atomic E-state index is 5.70. The number of nitrogens with one attached hydrogen (secondary N) is 1. The molecule has 0 aromatic carbocycles. The second-order valence-electron chi connectivity index (χ2n) is 3.76. The molecule has 3 heteroatoms. The van der Waals surface area contributed by atoms with Crippen molar-refractivity contribution >= 4 is 0 Å². The molecule has 3 N–H and O–H groups in total. The average Bonchev–Trinajstić information content (AvgIpc) is 2.18. The molecule has 1 aliphatic heterocycles. The molecule has 1 rings (SSSR count). The van der Waals surface area contributed by atoms with Gasteiger partial charge in [0.15, 0.2) is 0 Å². The molecule has 2 atom stereocenters. The summed E-state index contributed by atoms with van der Waals surface area (Å²) in [6, 6.07) is 0. The van der Waals surface area contributed by atoms with Crippen molar-refractivity contribution in [1.29, 1.82) is 0 Å². The number of piperidine rings is 1. The molecule has 0 bridgehead atoms. The van der Waals surface area contributed by atoms with Crippen LogP contribution in [0.15, 0.2) is 0 Å². The van der Waals surface area contributed by atoms with Crippen molar-refractivity contribution in [3.8, 4) is 0 Å². The van der Waals surface area contributed by atoms with Gasteiger partial charge in [0.05, 0.1) is 5.60 Å². The Balaban J connectivity index is 2.51. The Kier molecular flexibility index (Phi) is 3.50. The van der Waals surface area contributed by atoms with Gasteiger partial charge in [-0.1, -0.05) is 0 Å². The normalized spacial score (nSPS) is 29.8. The SMILES string of the molecule is COC(C)(CN)C1CCCNC1. The molecule has 0 saturated carbocycles. The summed E-state index contributed by atoms with van der Waals surface area (Å²) in [5.41, 5.74) is 5.56. The largest absolute Gasteiger partial charge is 0.377 e. The zero-order chi connectivity index (χ0) is 9.03. The van der Waals surface area contributed by atoms with Gasteiger partial charge in [-0.2, -0.15) is 0 Å². The van der Waals surface area contributed by atoms with Gasteiger partial charge >= 0.3 is 0 Å². The second kappa shape index (κ2) is 4.21. The summed E-state index contributed by atoms with van der Waals surface area (Å²) in [5, 5.41) is 3.37. The molecule has 12 heavy (non-hydrogen) atoms. The van der Waals surface area contributed by atoms with Crippen molar-refractivity contribution in [2.75, 3.05) is 26.7 Å². The van der Waals surface area contributed by atoms with E-state index in [0.29, 0.717) is 12.5 Å². The van der Waals surface area contributed by atoms with Gasteiger partial charge in [-0.3, -0.25) is 0 Å². The summed E-state index contributed by atoms with van der Waals surface area (Å²) in [7, 11) is 1.75. The molecule has 72 valence electrons. The highest BCUT2D eigenvalue weighted by Crippen LogP contribution is 2.25. The lowest BCUT2D eigenvalue weighted by Crippen LogP contribution is -2.50. The Labute approximate surface area is 74.7 Å². The van der Waals surface area contributed by atoms with Crippen LogP contribution in [0.4, 0.5) is 0 Å². The molecule has 2 unspecified atom stereocenters. The van der Waals surface area contributed by atoms with Crippen LogP contribution in [0.1, 0.15) is 19.8 Å². The molecule has 1 saturated heterocycles. The quantitative estimate of drug-likeness (QED) is 0.646. The second-order valence-corrected chi connectivity index (χ2v) is 3.76. The summed E-state index contributed by atoms with van der Waals surface area (Å²) >= 11 is 0. The average molecular weight is 172 g/mol. The van der Waals surface area contributed by atoms with Gasteiger partial charge < -0.3 is 15.8 Å². The van der Waals surface area contributed by atoms with Gasteiger partial charge in [0.25, 0.3) is 0 Å². The zero-order valence-corrected chi connectivity index (χ0v) is 8.10. The minimum atomic E-state index is -0.132. The van der Waals surface area contributed by atoms with Crippen LogP contribution in [0.25, 0.3) is 0 Å². The van der Waals surface area contributed by atoms with Crippen molar-refractivity contribution < 1.29 is 4.74 Å². The summed E-state index contributed by atoms with van der Waals surface area (Å²) < 4.78 is 5.46. The smallest absolute Gasteiger partial charge is 0.0812 e. The Bertz CT molecular complexity index is 128. The number of nitrogens with two attached hydrogens (primary N) is 1. The third-order valence-corrected chi connectivity index (χ3v) is 3.03. The van der Waals surface area contributed by atoms with E-state index in [1.807, 2.05) is 0 Å². The molecule has 3 nitrogen and oxygen atoms in total. The van der Waals surface area contributed by atoms with E-state index >= 15 is 0 Å². The summed E-state index contributed by atoms with van der Waals surface area (Å²) in [6.45, 7) is 4.89. The van der Waals surface area contributed by atoms with Gasteiger partial charge in [-0.05, 0) is 26.3 Å². The van der Waals surface area contributed by atoms with Crippen LogP contribution in [-0.2, 0) is 4.74 Å². The Morgan fingerprint density at radius 2 is 2.42 bits per heavy atom. The minimum absolute atomic E-state index is 0.132. The van der Waals surface area contributed by atoms with E-state index in [1.54, 1.807) is 7.11 Å². The predicted octanol–water partition coefficient (Wildman–Crippen LogP) is 0.350. The van der Waals surface area contributed by atoms with Crippen molar-refractivity contribution in [2.24, 2.45) is 11.7 Å². The van der Waals surface area contributed by atoms with Crippen LogP contribution < -0.4 is 11.1 Å². The van der Waals surface area contributed by atoms with Crippen LogP contribution in [0.2, 0.25) is 0 Å². The Morgan fingerprint density at radius 1 is 1.67 bits per heavy atom. The third-order valence-electron chi connectivity index (χ3n) is 3.03. The van der Waals surface area contributed by atoms with Crippen LogP contribution >= 0.6 is 0 Å². The molecule has 0 radical (unpaired) electrons. The third kappa shape index (κ3) is 1.97. The van der Waals surface area contributed by atoms with E-state index in [2.05, 4.69) is 12.2 Å². The maximum Gasteiger partial charge on any atom is 0.0812 e. The summed E-state index contributed by atoms with van der Waals surface area (Å²) in [4.78, 5) is 0. The van der Waals surface area contributed by atoms with Crippen LogP contribution in [0.3, 0.4) is 0 Å². The molecular weight excluding hydrogens is 152 g/mol. The molecule has 0 aromatic heterocycles. The summed E-state index contributed by atoms with van der Waals surface area (Å²) in [5.74, 6) is 0.571. The van der Waals surface area contributed by atoms with Crippen molar-refractivity contribution in [3.05, 3.63) is 0 Å². The fourth-order valence-corrected chi connectivity index (χ4v) is 1.79. The highest BCUT2D eigenvalue weighted by Gasteiger charge is 2.33. The highest BCUT2D eigenvalue weighted by atomic mass is 16.5. The highest BCUT2D eigenvalue weighted by molar-refractivity contribution is 4.88. The maximum absolute atomic E-state index is 5.70. The molecule has 1 fully saturated rings. The van der Waals surface area contributed by atoms with E-state index in [9.17, 15) is 0 Å². The molecule has 0 amide bonds. The van der Waals surface area contributed by atoms with E-state index in [4.69, 9.17) is 10.5 Å². The first-order chi connectivity index (χ1) is 5.73. The van der Waals surface area contributed by atoms with E-state index < -0.39 is 0 Å². The van der Waals surface area contributed by atoms with Gasteiger partial charge in [-0.25, -0.2) is 0 Å². The van der Waals surface area contributed by atoms with Gasteiger partial charge in [0, 0.05) is 26.1 Å². The van der Waals surface area contributed by atoms with E-state index in [-0.39, 0.29) is 5.60 Å². The van der Waals surface area contributed by atoms with Crippen molar-refractivity contribution in [3.63, 3.8) is 0 Å². The predicted molar refractivity (Wildman–Crippen MR) is 50.1 cm³/mol. The number of ether oxygens (including phenoxy) is 1. The first-order valence-electron chi connectivity index (χ1n) is 4.69. The zero-order valence-electron chi connectivity index (χ0n) is 8.10. The lowest BCUT2D eigenvalue weighted by atomic mass is 9.83. The standard InChI is InChI=1S/C9H20N2O/c1-9(7-10,12-2)8-4-3-5-11-6-8/h8,11H,3-7,10H2,1-2H3. The van der Waals surface area contributed by atoms with Gasteiger partial charge in [0.1, 0.15) is 0 Å². The number of methoxy groups -OCH3 is 1. The van der Waals surface area contributed by atoms with Gasteiger partial charge in [-0.15, -0.1) is 0 Å². The monoisotopic (exact) mass is 172 g/mol. The molecule has 0 aromatic rings. The lowest BCUT2D eigenvalue weighted by molar-refractivity contribution is -0.0428. The lowest BCUT2D eigenvalue weighted by Gasteiger charge is -2.38. The number of hydrogen-bond donors (Lipinski definition) is 2. The van der Waals surface area contributed by atoms with Crippen LogP contribution in [0, 0.1) is 5.92 Å². The molecular formula is C9H20N2O. The molecule has 1 heterocycles. The first kappa shape index (κ1) is 9.96. The number of rotatable bonds is 3. The fraction of sp³-hybridized carbons (Fsp3) is 1.00. The molecule has 0 spiro atoms. The van der Waals surface area contributed by atoms with Crippen LogP contribution in [0.5, 0.6) is 0 Å². The van der Waals surface area contributed by atoms with E-state index in [1.165, 1.54) is 12.8 Å². The minimum Gasteiger partial charge on any atom is -0.377 e. The van der Waals surface area contributed by atoms with E-state index in [0.717, 1.165) is 13.1 Å².